The molecule has 1 rings (SSSR count). The number of rotatable bonds is 6. The molecule has 0 saturated carbocycles. The molecule has 122 valence electrons. The first-order valence-electron chi connectivity index (χ1n) is 6.38. The molecule has 0 aliphatic heterocycles. The number of carbonyl (C=O) groups is 3. The highest BCUT2D eigenvalue weighted by molar-refractivity contribution is 5.99. The lowest BCUT2D eigenvalue weighted by atomic mass is 10.2. The van der Waals surface area contributed by atoms with Crippen LogP contribution in [0.5, 0.6) is 0 Å². The first-order chi connectivity index (χ1) is 10.9. The number of hydrazine groups is 1. The van der Waals surface area contributed by atoms with Gasteiger partial charge in [-0.3, -0.25) is 29.9 Å². The maximum absolute atomic E-state index is 11.8. The Morgan fingerprint density at radius 2 is 1.87 bits per heavy atom. The van der Waals surface area contributed by atoms with E-state index in [4.69, 9.17) is 5.84 Å². The normalized spacial score (nSPS) is 10.6. The highest BCUT2D eigenvalue weighted by Crippen LogP contribution is 2.11. The van der Waals surface area contributed by atoms with Gasteiger partial charge >= 0.3 is 0 Å². The third-order valence-electron chi connectivity index (χ3n) is 2.69. The van der Waals surface area contributed by atoms with E-state index in [2.05, 4.69) is 10.6 Å². The predicted molar refractivity (Wildman–Crippen MR) is 79.7 cm³/mol. The van der Waals surface area contributed by atoms with E-state index in [1.807, 2.05) is 5.43 Å². The molecular formula is C13H15N5O5. The zero-order valence-electron chi connectivity index (χ0n) is 12.2. The highest BCUT2D eigenvalue weighted by Gasteiger charge is 2.13. The third-order valence-corrected chi connectivity index (χ3v) is 2.69. The average Bonchev–Trinajstić information content (AvgIpc) is 2.56. The number of nitro benzene ring substituents is 1. The highest BCUT2D eigenvalue weighted by atomic mass is 16.6. The van der Waals surface area contributed by atoms with Crippen LogP contribution in [0.3, 0.4) is 0 Å². The first kappa shape index (κ1) is 17.8. The number of hydrogen-bond donors (Lipinski definition) is 4. The van der Waals surface area contributed by atoms with Crippen LogP contribution >= 0.6 is 0 Å². The number of carbonyl (C=O) groups excluding carboxylic acids is 3. The van der Waals surface area contributed by atoms with Crippen LogP contribution in [0.1, 0.15) is 17.3 Å². The van der Waals surface area contributed by atoms with Gasteiger partial charge in [0.25, 0.3) is 17.5 Å². The summed E-state index contributed by atoms with van der Waals surface area (Å²) >= 11 is 0. The number of nitrogens with two attached hydrogens (primary N) is 1. The Balaban J connectivity index is 2.57. The maximum atomic E-state index is 11.8. The van der Waals surface area contributed by atoms with Gasteiger partial charge in [-0.25, -0.2) is 5.84 Å². The van der Waals surface area contributed by atoms with E-state index in [-0.39, 0.29) is 23.5 Å². The Morgan fingerprint density at radius 3 is 2.35 bits per heavy atom. The number of amides is 3. The molecule has 0 radical (unpaired) electrons. The number of nitrogens with one attached hydrogen (secondary N) is 3. The molecule has 3 amide bonds. The van der Waals surface area contributed by atoms with E-state index >= 15 is 0 Å². The second-order valence-corrected chi connectivity index (χ2v) is 4.21. The molecule has 23 heavy (non-hydrogen) atoms. The molecule has 0 aliphatic carbocycles. The molecule has 10 nitrogen and oxygen atoms in total. The second-order valence-electron chi connectivity index (χ2n) is 4.21. The fourth-order valence-corrected chi connectivity index (χ4v) is 1.53. The molecule has 0 heterocycles. The van der Waals surface area contributed by atoms with E-state index in [1.165, 1.54) is 37.3 Å². The monoisotopic (exact) mass is 321 g/mol. The van der Waals surface area contributed by atoms with Gasteiger partial charge in [-0.05, 0) is 19.1 Å². The standard InChI is InChI=1S/C13H15N5O5/c1-2-10(13(21)17-14)16-11(19)7-15-12(20)8-3-5-9(6-4-8)18(22)23/h2-6H,7,14H2,1H3,(H,15,20)(H,16,19)(H,17,21)/b10-2-. The van der Waals surface area contributed by atoms with Crippen molar-refractivity contribution in [2.75, 3.05) is 6.54 Å². The van der Waals surface area contributed by atoms with Crippen molar-refractivity contribution in [3.8, 4) is 0 Å². The van der Waals surface area contributed by atoms with Crippen LogP contribution in [0.2, 0.25) is 0 Å². The summed E-state index contributed by atoms with van der Waals surface area (Å²) in [5.41, 5.74) is 1.82. The number of non-ortho nitro benzene ring substituents is 1. The summed E-state index contributed by atoms with van der Waals surface area (Å²) in [6.07, 6.45) is 1.35. The molecule has 0 fully saturated rings. The van der Waals surface area contributed by atoms with Gasteiger partial charge in [0.2, 0.25) is 5.91 Å². The molecule has 1 aromatic carbocycles. The quantitative estimate of drug-likeness (QED) is 0.179. The van der Waals surface area contributed by atoms with Gasteiger partial charge < -0.3 is 10.6 Å². The Kier molecular flexibility index (Phi) is 6.37. The van der Waals surface area contributed by atoms with E-state index < -0.39 is 22.6 Å². The Hall–Kier alpha value is -3.27. The minimum Gasteiger partial charge on any atom is -0.343 e. The number of allylic oxidation sites excluding steroid dienone is 1. The maximum Gasteiger partial charge on any atom is 0.281 e. The fourth-order valence-electron chi connectivity index (χ4n) is 1.53. The fraction of sp³-hybridized carbons (Fsp3) is 0.154. The number of nitrogens with zero attached hydrogens (tertiary/aromatic N) is 1. The molecule has 0 saturated heterocycles. The van der Waals surface area contributed by atoms with Crippen molar-refractivity contribution in [1.29, 1.82) is 0 Å². The minimum atomic E-state index is -0.678. The van der Waals surface area contributed by atoms with Crippen molar-refractivity contribution in [3.05, 3.63) is 51.7 Å². The van der Waals surface area contributed by atoms with Crippen LogP contribution in [-0.2, 0) is 9.59 Å². The molecule has 1 aromatic rings. The van der Waals surface area contributed by atoms with Gasteiger partial charge in [-0.2, -0.15) is 0 Å². The number of benzene rings is 1. The lowest BCUT2D eigenvalue weighted by Gasteiger charge is -2.09. The van der Waals surface area contributed by atoms with Gasteiger partial charge in [-0.15, -0.1) is 0 Å². The van der Waals surface area contributed by atoms with Crippen molar-refractivity contribution >= 4 is 23.4 Å². The van der Waals surface area contributed by atoms with Crippen LogP contribution in [-0.4, -0.2) is 29.2 Å². The van der Waals surface area contributed by atoms with Gasteiger partial charge in [0, 0.05) is 17.7 Å². The molecular weight excluding hydrogens is 306 g/mol. The van der Waals surface area contributed by atoms with Crippen LogP contribution in [0.25, 0.3) is 0 Å². The summed E-state index contributed by atoms with van der Waals surface area (Å²) in [6.45, 7) is 1.14. The van der Waals surface area contributed by atoms with Crippen molar-refractivity contribution in [2.24, 2.45) is 5.84 Å². The van der Waals surface area contributed by atoms with Gasteiger partial charge in [0.1, 0.15) is 5.70 Å². The Bertz CT molecular complexity index is 653. The summed E-state index contributed by atoms with van der Waals surface area (Å²) in [5, 5.41) is 15.1. The summed E-state index contributed by atoms with van der Waals surface area (Å²) in [6, 6.07) is 4.90. The lowest BCUT2D eigenvalue weighted by Crippen LogP contribution is -2.42. The minimum absolute atomic E-state index is 0.0536. The zero-order valence-corrected chi connectivity index (χ0v) is 12.2. The molecule has 0 aromatic heterocycles. The number of nitro groups is 1. The van der Waals surface area contributed by atoms with E-state index in [0.717, 1.165) is 0 Å². The average molecular weight is 321 g/mol. The van der Waals surface area contributed by atoms with Crippen LogP contribution in [0.15, 0.2) is 36.0 Å². The second kappa shape index (κ2) is 8.24. The molecule has 10 heteroatoms. The molecule has 0 spiro atoms. The van der Waals surface area contributed by atoms with Gasteiger partial charge in [0.15, 0.2) is 0 Å². The van der Waals surface area contributed by atoms with Crippen molar-refractivity contribution in [1.82, 2.24) is 16.1 Å². The SMILES string of the molecule is C/C=C(\NC(=O)CNC(=O)c1ccc([N+](=O)[O-])cc1)C(=O)NN. The van der Waals surface area contributed by atoms with Gasteiger partial charge in [-0.1, -0.05) is 6.08 Å². The third kappa shape index (κ3) is 5.21. The van der Waals surface area contributed by atoms with Crippen LogP contribution < -0.4 is 21.9 Å². The first-order valence-corrected chi connectivity index (χ1v) is 6.38. The number of hydrogen-bond acceptors (Lipinski definition) is 6. The van der Waals surface area contributed by atoms with Crippen molar-refractivity contribution in [2.45, 2.75) is 6.92 Å². The molecule has 0 aliphatic rings. The smallest absolute Gasteiger partial charge is 0.281 e. The van der Waals surface area contributed by atoms with Crippen molar-refractivity contribution in [3.63, 3.8) is 0 Å². The molecule has 5 N–H and O–H groups in total. The Labute approximate surface area is 130 Å². The van der Waals surface area contributed by atoms with E-state index in [1.54, 1.807) is 0 Å². The summed E-state index contributed by atoms with van der Waals surface area (Å²) in [4.78, 5) is 44.6. The topological polar surface area (TPSA) is 156 Å². The van der Waals surface area contributed by atoms with Crippen LogP contribution in [0.4, 0.5) is 5.69 Å². The lowest BCUT2D eigenvalue weighted by molar-refractivity contribution is -0.384. The zero-order chi connectivity index (χ0) is 17.4. The predicted octanol–water partition coefficient (Wildman–Crippen LogP) is -0.665. The van der Waals surface area contributed by atoms with Crippen molar-refractivity contribution < 1.29 is 19.3 Å². The molecule has 0 atom stereocenters. The van der Waals surface area contributed by atoms with Crippen LogP contribution in [0, 0.1) is 10.1 Å². The summed E-state index contributed by atoms with van der Waals surface area (Å²) < 4.78 is 0. The summed E-state index contributed by atoms with van der Waals surface area (Å²) in [5.74, 6) is 3.06. The summed E-state index contributed by atoms with van der Waals surface area (Å²) in [7, 11) is 0. The largest absolute Gasteiger partial charge is 0.343 e. The van der Waals surface area contributed by atoms with E-state index in [9.17, 15) is 24.5 Å². The van der Waals surface area contributed by atoms with E-state index in [0.29, 0.717) is 0 Å². The molecule has 0 unspecified atom stereocenters. The van der Waals surface area contributed by atoms with Gasteiger partial charge in [0.05, 0.1) is 11.5 Å². The Morgan fingerprint density at radius 1 is 1.26 bits per heavy atom. The molecule has 0 bridgehead atoms.